The minimum Gasteiger partial charge on any atom is -0.450 e. The number of aliphatic hydroxyl groups is 2. The Morgan fingerprint density at radius 1 is 0.909 bits per heavy atom. The number of unbranched alkanes of at least 4 members (excludes halogenated alkanes) is 2. The van der Waals surface area contributed by atoms with E-state index in [-0.39, 0.29) is 30.1 Å². The Labute approximate surface area is 135 Å². The Kier molecular flexibility index (Phi) is 10.4. The normalized spacial score (nSPS) is 12.3. The molecule has 1 amide bonds. The van der Waals surface area contributed by atoms with Crippen molar-refractivity contribution in [1.82, 2.24) is 5.32 Å². The molecule has 0 aromatic rings. The van der Waals surface area contributed by atoms with E-state index in [1.54, 1.807) is 0 Å². The zero-order valence-electron chi connectivity index (χ0n) is 14.8. The number of aliphatic hydroxyl groups excluding tert-OH is 2. The van der Waals surface area contributed by atoms with E-state index in [1.807, 2.05) is 27.7 Å². The van der Waals surface area contributed by atoms with Crippen LogP contribution in [0.3, 0.4) is 0 Å². The molecule has 5 heteroatoms. The fourth-order valence-electron chi connectivity index (χ4n) is 2.00. The first-order valence-electron chi connectivity index (χ1n) is 8.35. The van der Waals surface area contributed by atoms with Gasteiger partial charge < -0.3 is 20.3 Å². The van der Waals surface area contributed by atoms with Crippen molar-refractivity contribution >= 4 is 6.09 Å². The monoisotopic (exact) mass is 317 g/mol. The van der Waals surface area contributed by atoms with E-state index in [9.17, 15) is 4.79 Å². The van der Waals surface area contributed by atoms with E-state index >= 15 is 0 Å². The molecular weight excluding hydrogens is 282 g/mol. The summed E-state index contributed by atoms with van der Waals surface area (Å²) >= 11 is 0. The van der Waals surface area contributed by atoms with Crippen LogP contribution in [0.1, 0.15) is 66.2 Å². The zero-order valence-corrected chi connectivity index (χ0v) is 14.8. The van der Waals surface area contributed by atoms with Gasteiger partial charge in [-0.2, -0.15) is 0 Å². The van der Waals surface area contributed by atoms with Crippen molar-refractivity contribution < 1.29 is 19.7 Å². The molecule has 0 atom stereocenters. The van der Waals surface area contributed by atoms with E-state index in [1.165, 1.54) is 0 Å². The van der Waals surface area contributed by atoms with E-state index in [0.29, 0.717) is 13.2 Å². The molecule has 0 aliphatic heterocycles. The number of hydrogen-bond acceptors (Lipinski definition) is 4. The molecule has 5 nitrogen and oxygen atoms in total. The summed E-state index contributed by atoms with van der Waals surface area (Å²) in [5.41, 5.74) is -0.0898. The van der Waals surface area contributed by atoms with Crippen molar-refractivity contribution in [2.45, 2.75) is 66.2 Å². The van der Waals surface area contributed by atoms with Crippen LogP contribution in [0.4, 0.5) is 4.79 Å². The molecular formula is C17H35NO4. The SMILES string of the molecule is CC(C)(CO)CCCCNC(=O)OCCCCC(C)(C)CO. The van der Waals surface area contributed by atoms with Crippen molar-refractivity contribution in [3.63, 3.8) is 0 Å². The van der Waals surface area contributed by atoms with Crippen LogP contribution in [0.15, 0.2) is 0 Å². The van der Waals surface area contributed by atoms with Gasteiger partial charge in [0.25, 0.3) is 0 Å². The molecule has 0 saturated heterocycles. The van der Waals surface area contributed by atoms with Gasteiger partial charge >= 0.3 is 6.09 Å². The number of amides is 1. The summed E-state index contributed by atoms with van der Waals surface area (Å²) in [4.78, 5) is 11.5. The van der Waals surface area contributed by atoms with Crippen molar-refractivity contribution in [2.75, 3.05) is 26.4 Å². The first-order chi connectivity index (χ1) is 10.2. The molecule has 0 aromatic carbocycles. The smallest absolute Gasteiger partial charge is 0.407 e. The molecule has 0 unspecified atom stereocenters. The minimum atomic E-state index is -0.358. The molecule has 0 aliphatic rings. The molecule has 0 aliphatic carbocycles. The van der Waals surface area contributed by atoms with Crippen LogP contribution in [0.25, 0.3) is 0 Å². The van der Waals surface area contributed by atoms with Gasteiger partial charge in [0.15, 0.2) is 0 Å². The van der Waals surface area contributed by atoms with Gasteiger partial charge in [-0.25, -0.2) is 4.79 Å². The highest BCUT2D eigenvalue weighted by atomic mass is 16.5. The predicted octanol–water partition coefficient (Wildman–Crippen LogP) is 3.09. The maximum atomic E-state index is 11.5. The lowest BCUT2D eigenvalue weighted by atomic mass is 9.88. The Hall–Kier alpha value is -0.810. The number of nitrogens with one attached hydrogen (secondary N) is 1. The fraction of sp³-hybridized carbons (Fsp3) is 0.941. The lowest BCUT2D eigenvalue weighted by molar-refractivity contribution is 0.130. The third kappa shape index (κ3) is 11.8. The number of alkyl carbamates (subject to hydrolysis) is 1. The molecule has 0 fully saturated rings. The second kappa shape index (κ2) is 10.8. The average Bonchev–Trinajstić information content (AvgIpc) is 2.46. The highest BCUT2D eigenvalue weighted by Gasteiger charge is 2.16. The van der Waals surface area contributed by atoms with Gasteiger partial charge in [0.1, 0.15) is 0 Å². The van der Waals surface area contributed by atoms with Crippen LogP contribution < -0.4 is 5.32 Å². The summed E-state index contributed by atoms with van der Waals surface area (Å²) in [7, 11) is 0. The summed E-state index contributed by atoms with van der Waals surface area (Å²) < 4.78 is 5.11. The Morgan fingerprint density at radius 3 is 1.91 bits per heavy atom. The highest BCUT2D eigenvalue weighted by molar-refractivity contribution is 5.66. The number of carbonyl (C=O) groups excluding carboxylic acids is 1. The quantitative estimate of drug-likeness (QED) is 0.483. The van der Waals surface area contributed by atoms with E-state index in [2.05, 4.69) is 5.32 Å². The number of hydrogen-bond donors (Lipinski definition) is 3. The number of carbonyl (C=O) groups is 1. The second-order valence-corrected chi connectivity index (χ2v) is 7.62. The highest BCUT2D eigenvalue weighted by Crippen LogP contribution is 2.22. The molecule has 0 radical (unpaired) electrons. The van der Waals surface area contributed by atoms with Crippen LogP contribution >= 0.6 is 0 Å². The Balaban J connectivity index is 3.48. The van der Waals surface area contributed by atoms with E-state index < -0.39 is 0 Å². The van der Waals surface area contributed by atoms with E-state index in [0.717, 1.165) is 38.5 Å². The summed E-state index contributed by atoms with van der Waals surface area (Å²) in [5, 5.41) is 21.0. The first-order valence-corrected chi connectivity index (χ1v) is 8.35. The average molecular weight is 317 g/mol. The zero-order chi connectivity index (χ0) is 17.1. The molecule has 0 saturated carbocycles. The lowest BCUT2D eigenvalue weighted by Crippen LogP contribution is -2.26. The molecule has 132 valence electrons. The maximum Gasteiger partial charge on any atom is 0.407 e. The standard InChI is InChI=1S/C17H35NO4/c1-16(2,13-19)9-5-7-11-18-15(21)22-12-8-6-10-17(3,4)14-20/h19-20H,5-14H2,1-4H3,(H,18,21). The fourth-order valence-corrected chi connectivity index (χ4v) is 2.00. The summed E-state index contributed by atoms with van der Waals surface area (Å²) in [6, 6.07) is 0. The van der Waals surface area contributed by atoms with Gasteiger partial charge in [-0.3, -0.25) is 0 Å². The second-order valence-electron chi connectivity index (χ2n) is 7.62. The molecule has 0 aromatic heterocycles. The summed E-state index contributed by atoms with van der Waals surface area (Å²) in [6.45, 7) is 9.52. The molecule has 0 rings (SSSR count). The van der Waals surface area contributed by atoms with Gasteiger partial charge in [0.05, 0.1) is 6.61 Å². The molecule has 0 spiro atoms. The molecule has 22 heavy (non-hydrogen) atoms. The summed E-state index contributed by atoms with van der Waals surface area (Å²) in [5.74, 6) is 0. The largest absolute Gasteiger partial charge is 0.450 e. The minimum absolute atomic E-state index is 0.0388. The van der Waals surface area contributed by atoms with Crippen LogP contribution in [-0.4, -0.2) is 42.7 Å². The van der Waals surface area contributed by atoms with Crippen LogP contribution in [0.5, 0.6) is 0 Å². The Bertz CT molecular complexity index is 275. The van der Waals surface area contributed by atoms with Gasteiger partial charge in [0.2, 0.25) is 0 Å². The maximum absolute atomic E-state index is 11.5. The van der Waals surface area contributed by atoms with Gasteiger partial charge in [-0.1, -0.05) is 34.1 Å². The van der Waals surface area contributed by atoms with Crippen LogP contribution in [0.2, 0.25) is 0 Å². The van der Waals surface area contributed by atoms with Crippen molar-refractivity contribution in [1.29, 1.82) is 0 Å². The van der Waals surface area contributed by atoms with Crippen molar-refractivity contribution in [3.8, 4) is 0 Å². The molecule has 3 N–H and O–H groups in total. The molecule has 0 bridgehead atoms. The van der Waals surface area contributed by atoms with Crippen molar-refractivity contribution in [2.24, 2.45) is 10.8 Å². The van der Waals surface area contributed by atoms with Crippen LogP contribution in [0, 0.1) is 10.8 Å². The number of ether oxygens (including phenoxy) is 1. The van der Waals surface area contributed by atoms with Gasteiger partial charge in [0, 0.05) is 19.8 Å². The third-order valence-electron chi connectivity index (χ3n) is 3.89. The Morgan fingerprint density at radius 2 is 1.41 bits per heavy atom. The summed E-state index contributed by atoms with van der Waals surface area (Å²) in [6.07, 6.45) is 5.14. The third-order valence-corrected chi connectivity index (χ3v) is 3.89. The molecule has 0 heterocycles. The van der Waals surface area contributed by atoms with Gasteiger partial charge in [-0.05, 0) is 42.9 Å². The first kappa shape index (κ1) is 21.2. The van der Waals surface area contributed by atoms with Gasteiger partial charge in [-0.15, -0.1) is 0 Å². The topological polar surface area (TPSA) is 78.8 Å². The lowest BCUT2D eigenvalue weighted by Gasteiger charge is -2.21. The predicted molar refractivity (Wildman–Crippen MR) is 88.8 cm³/mol. The number of rotatable bonds is 12. The van der Waals surface area contributed by atoms with Crippen LogP contribution in [-0.2, 0) is 4.74 Å². The van der Waals surface area contributed by atoms with Crippen molar-refractivity contribution in [3.05, 3.63) is 0 Å². The van der Waals surface area contributed by atoms with E-state index in [4.69, 9.17) is 14.9 Å².